The first kappa shape index (κ1) is 21.5. The predicted octanol–water partition coefficient (Wildman–Crippen LogP) is 3.00. The van der Waals surface area contributed by atoms with Gasteiger partial charge in [0.25, 0.3) is 11.1 Å². The number of hydrogen-bond acceptors (Lipinski definition) is 5. The van der Waals surface area contributed by atoms with Crippen molar-refractivity contribution in [2.45, 2.75) is 12.5 Å². The van der Waals surface area contributed by atoms with E-state index in [1.807, 2.05) is 66.7 Å². The van der Waals surface area contributed by atoms with Crippen molar-refractivity contribution < 1.29 is 19.5 Å². The average molecular weight is 423 g/mol. The SMILES string of the molecule is O=C(CN1C(=O)S/C(=C\C=C\c2ccccc2)C1=O)N[C@H](CO)Cc1ccccc1. The molecule has 0 bridgehead atoms. The Kier molecular flexibility index (Phi) is 7.59. The summed E-state index contributed by atoms with van der Waals surface area (Å²) in [6, 6.07) is 18.5. The molecule has 2 aromatic rings. The molecule has 0 saturated carbocycles. The predicted molar refractivity (Wildman–Crippen MR) is 117 cm³/mol. The number of allylic oxidation sites excluding steroid dienone is 2. The summed E-state index contributed by atoms with van der Waals surface area (Å²) in [6.07, 6.45) is 5.56. The Morgan fingerprint density at radius 1 is 1.07 bits per heavy atom. The summed E-state index contributed by atoms with van der Waals surface area (Å²) >= 11 is 0.804. The third-order valence-electron chi connectivity index (χ3n) is 4.42. The number of carbonyl (C=O) groups is 3. The maximum absolute atomic E-state index is 12.5. The van der Waals surface area contributed by atoms with Crippen molar-refractivity contribution in [3.63, 3.8) is 0 Å². The van der Waals surface area contributed by atoms with Crippen LogP contribution >= 0.6 is 11.8 Å². The van der Waals surface area contributed by atoms with Gasteiger partial charge in [-0.15, -0.1) is 0 Å². The van der Waals surface area contributed by atoms with Crippen LogP contribution in [0.4, 0.5) is 4.79 Å². The second kappa shape index (κ2) is 10.6. The van der Waals surface area contributed by atoms with Crippen LogP contribution in [0.15, 0.2) is 77.7 Å². The monoisotopic (exact) mass is 422 g/mol. The Labute approximate surface area is 179 Å². The zero-order chi connectivity index (χ0) is 21.3. The van der Waals surface area contributed by atoms with Crippen LogP contribution in [0.2, 0.25) is 0 Å². The fraction of sp³-hybridized carbons (Fsp3) is 0.174. The van der Waals surface area contributed by atoms with Gasteiger partial charge in [-0.05, 0) is 35.4 Å². The minimum Gasteiger partial charge on any atom is -0.394 e. The highest BCUT2D eigenvalue weighted by Crippen LogP contribution is 2.30. The number of nitrogens with one attached hydrogen (secondary N) is 1. The summed E-state index contributed by atoms with van der Waals surface area (Å²) in [4.78, 5) is 38.2. The van der Waals surface area contributed by atoms with Crippen LogP contribution in [-0.2, 0) is 16.0 Å². The smallest absolute Gasteiger partial charge is 0.294 e. The molecule has 0 aliphatic carbocycles. The standard InChI is InChI=1S/C23H22N2O4S/c26-16-19(14-18-10-5-2-6-11-18)24-21(27)15-25-22(28)20(30-23(25)29)13-7-12-17-8-3-1-4-9-17/h1-13,19,26H,14-16H2,(H,24,27)/b12-7+,20-13-/t19-/m0/s1. The van der Waals surface area contributed by atoms with E-state index in [0.29, 0.717) is 6.42 Å². The zero-order valence-electron chi connectivity index (χ0n) is 16.2. The van der Waals surface area contributed by atoms with E-state index < -0.39 is 23.1 Å². The third-order valence-corrected chi connectivity index (χ3v) is 5.35. The maximum Gasteiger partial charge on any atom is 0.294 e. The second-order valence-electron chi connectivity index (χ2n) is 6.70. The van der Waals surface area contributed by atoms with Gasteiger partial charge in [-0.2, -0.15) is 0 Å². The van der Waals surface area contributed by atoms with E-state index in [1.54, 1.807) is 12.2 Å². The molecule has 1 aliphatic heterocycles. The molecule has 30 heavy (non-hydrogen) atoms. The second-order valence-corrected chi connectivity index (χ2v) is 7.69. The van der Waals surface area contributed by atoms with E-state index in [0.717, 1.165) is 27.8 Å². The molecule has 0 spiro atoms. The first-order chi connectivity index (χ1) is 14.6. The highest BCUT2D eigenvalue weighted by Gasteiger charge is 2.36. The van der Waals surface area contributed by atoms with E-state index in [4.69, 9.17) is 0 Å². The fourth-order valence-corrected chi connectivity index (χ4v) is 3.73. The third kappa shape index (κ3) is 5.92. The van der Waals surface area contributed by atoms with Crippen molar-refractivity contribution in [2.75, 3.05) is 13.2 Å². The lowest BCUT2D eigenvalue weighted by Gasteiger charge is -2.18. The molecule has 7 heteroatoms. The number of amides is 3. The summed E-state index contributed by atoms with van der Waals surface area (Å²) in [7, 11) is 0. The number of nitrogens with zero attached hydrogens (tertiary/aromatic N) is 1. The molecular weight excluding hydrogens is 400 g/mol. The van der Waals surface area contributed by atoms with Gasteiger partial charge in [0.1, 0.15) is 6.54 Å². The number of benzene rings is 2. The summed E-state index contributed by atoms with van der Waals surface area (Å²) in [5.41, 5.74) is 1.94. The molecule has 6 nitrogen and oxygen atoms in total. The molecule has 1 saturated heterocycles. The number of carbonyl (C=O) groups excluding carboxylic acids is 3. The van der Waals surface area contributed by atoms with Crippen molar-refractivity contribution in [1.29, 1.82) is 0 Å². The van der Waals surface area contributed by atoms with Crippen molar-refractivity contribution in [3.05, 3.63) is 88.8 Å². The van der Waals surface area contributed by atoms with Crippen LogP contribution in [-0.4, -0.2) is 46.3 Å². The summed E-state index contributed by atoms with van der Waals surface area (Å²) in [6.45, 7) is -0.623. The van der Waals surface area contributed by atoms with Gasteiger partial charge in [-0.1, -0.05) is 72.8 Å². The van der Waals surface area contributed by atoms with Crippen molar-refractivity contribution in [2.24, 2.45) is 0 Å². The van der Waals surface area contributed by atoms with Gasteiger partial charge in [0.05, 0.1) is 17.6 Å². The van der Waals surface area contributed by atoms with Crippen LogP contribution in [0.5, 0.6) is 0 Å². The van der Waals surface area contributed by atoms with Crippen LogP contribution in [0, 0.1) is 0 Å². The van der Waals surface area contributed by atoms with Crippen molar-refractivity contribution in [1.82, 2.24) is 10.2 Å². The first-order valence-electron chi connectivity index (χ1n) is 9.48. The summed E-state index contributed by atoms with van der Waals surface area (Å²) in [5.74, 6) is -0.991. The number of rotatable bonds is 8. The van der Waals surface area contributed by atoms with E-state index in [-0.39, 0.29) is 18.1 Å². The molecule has 2 N–H and O–H groups in total. The van der Waals surface area contributed by atoms with Gasteiger partial charge in [0.15, 0.2) is 0 Å². The topological polar surface area (TPSA) is 86.7 Å². The van der Waals surface area contributed by atoms with Gasteiger partial charge >= 0.3 is 0 Å². The molecule has 3 amide bonds. The Morgan fingerprint density at radius 3 is 2.40 bits per heavy atom. The molecule has 1 heterocycles. The normalized spacial score (nSPS) is 16.4. The lowest BCUT2D eigenvalue weighted by molar-refractivity contribution is -0.129. The van der Waals surface area contributed by atoms with Crippen molar-refractivity contribution in [3.8, 4) is 0 Å². The number of aliphatic hydroxyl groups excluding tert-OH is 1. The number of imide groups is 1. The van der Waals surface area contributed by atoms with Crippen molar-refractivity contribution >= 4 is 34.9 Å². The van der Waals surface area contributed by atoms with Gasteiger partial charge in [0, 0.05) is 0 Å². The molecule has 1 fully saturated rings. The van der Waals surface area contributed by atoms with Gasteiger partial charge < -0.3 is 10.4 Å². The molecule has 0 aromatic heterocycles. The molecule has 1 aliphatic rings. The molecule has 0 unspecified atom stereocenters. The van der Waals surface area contributed by atoms with E-state index in [9.17, 15) is 19.5 Å². The molecule has 3 rings (SSSR count). The molecule has 0 radical (unpaired) electrons. The highest BCUT2D eigenvalue weighted by molar-refractivity contribution is 8.18. The number of hydrogen-bond donors (Lipinski definition) is 2. The minimum absolute atomic E-state index is 0.243. The van der Waals surface area contributed by atoms with Gasteiger partial charge in [-0.25, -0.2) is 0 Å². The van der Waals surface area contributed by atoms with E-state index in [1.165, 1.54) is 0 Å². The number of thioether (sulfide) groups is 1. The zero-order valence-corrected chi connectivity index (χ0v) is 17.0. The largest absolute Gasteiger partial charge is 0.394 e. The van der Waals surface area contributed by atoms with Gasteiger partial charge in [-0.3, -0.25) is 19.3 Å². The Morgan fingerprint density at radius 2 is 1.73 bits per heavy atom. The van der Waals surface area contributed by atoms with Crippen LogP contribution in [0.3, 0.4) is 0 Å². The Hall–Kier alpha value is -3.16. The van der Waals surface area contributed by atoms with Crippen LogP contribution in [0.25, 0.3) is 6.08 Å². The quantitative estimate of drug-likeness (QED) is 0.639. The maximum atomic E-state index is 12.5. The number of aliphatic hydroxyl groups is 1. The average Bonchev–Trinajstić information content (AvgIpc) is 3.02. The lowest BCUT2D eigenvalue weighted by atomic mass is 10.1. The fourth-order valence-electron chi connectivity index (χ4n) is 2.94. The van der Waals surface area contributed by atoms with Gasteiger partial charge in [0.2, 0.25) is 5.91 Å². The Balaban J connectivity index is 1.57. The summed E-state index contributed by atoms with van der Waals surface area (Å²) < 4.78 is 0. The summed E-state index contributed by atoms with van der Waals surface area (Å²) in [5, 5.41) is 11.7. The molecule has 1 atom stereocenters. The minimum atomic E-state index is -0.499. The first-order valence-corrected chi connectivity index (χ1v) is 10.3. The lowest BCUT2D eigenvalue weighted by Crippen LogP contribution is -2.45. The molecule has 154 valence electrons. The van der Waals surface area contributed by atoms with E-state index in [2.05, 4.69) is 5.32 Å². The van der Waals surface area contributed by atoms with E-state index >= 15 is 0 Å². The molecular formula is C23H22N2O4S. The molecule has 2 aromatic carbocycles. The highest BCUT2D eigenvalue weighted by atomic mass is 32.2. The Bertz CT molecular complexity index is 958. The van der Waals surface area contributed by atoms with Crippen LogP contribution < -0.4 is 5.32 Å². The van der Waals surface area contributed by atoms with Crippen LogP contribution in [0.1, 0.15) is 11.1 Å².